The minimum Gasteiger partial charge on any atom is -0.493 e. The lowest BCUT2D eigenvalue weighted by atomic mass is 9.95. The lowest BCUT2D eigenvalue weighted by Gasteiger charge is -2.20. The van der Waals surface area contributed by atoms with Crippen LogP contribution in [0.25, 0.3) is 0 Å². The Morgan fingerprint density at radius 3 is 2.00 bits per heavy atom. The summed E-state index contributed by atoms with van der Waals surface area (Å²) in [6, 6.07) is 12.7. The Balaban J connectivity index is 2.43. The Labute approximate surface area is 126 Å². The third-order valence-electron chi connectivity index (χ3n) is 3.89. The molecule has 0 radical (unpaired) electrons. The normalized spacial score (nSPS) is 12.0. The monoisotopic (exact) mass is 285 g/mol. The number of ether oxygens (including phenoxy) is 2. The first-order chi connectivity index (χ1) is 10.1. The average Bonchev–Trinajstić information content (AvgIpc) is 2.51. The summed E-state index contributed by atoms with van der Waals surface area (Å²) in [5.74, 6) is 1.50. The highest BCUT2D eigenvalue weighted by molar-refractivity contribution is 5.46. The Kier molecular flexibility index (Phi) is 4.86. The molecule has 2 aromatic carbocycles. The summed E-state index contributed by atoms with van der Waals surface area (Å²) in [6.07, 6.45) is 0. The van der Waals surface area contributed by atoms with E-state index in [1.807, 2.05) is 19.2 Å². The quantitative estimate of drug-likeness (QED) is 0.910. The molecule has 0 saturated carbocycles. The molecule has 0 spiro atoms. The van der Waals surface area contributed by atoms with E-state index in [4.69, 9.17) is 9.47 Å². The molecule has 0 amide bonds. The number of hydrogen-bond acceptors (Lipinski definition) is 3. The predicted molar refractivity (Wildman–Crippen MR) is 86.4 cm³/mol. The van der Waals surface area contributed by atoms with Gasteiger partial charge in [0, 0.05) is 0 Å². The van der Waals surface area contributed by atoms with Crippen LogP contribution >= 0.6 is 0 Å². The predicted octanol–water partition coefficient (Wildman–Crippen LogP) is 3.63. The standard InChI is InChI=1S/C18H23NO2/c1-12-6-7-14(10-13(12)2)18(19-3)15-8-9-16(20-4)17(11-15)21-5/h6-11,18-19H,1-5H3. The topological polar surface area (TPSA) is 30.5 Å². The number of hydrogen-bond donors (Lipinski definition) is 1. The van der Waals surface area contributed by atoms with Gasteiger partial charge < -0.3 is 14.8 Å². The van der Waals surface area contributed by atoms with Gasteiger partial charge in [0.15, 0.2) is 11.5 Å². The second-order valence-corrected chi connectivity index (χ2v) is 5.18. The third kappa shape index (κ3) is 3.19. The summed E-state index contributed by atoms with van der Waals surface area (Å²) in [5.41, 5.74) is 5.00. The molecule has 0 aliphatic heterocycles. The first kappa shape index (κ1) is 15.4. The summed E-state index contributed by atoms with van der Waals surface area (Å²) in [6.45, 7) is 4.27. The number of benzene rings is 2. The zero-order valence-corrected chi connectivity index (χ0v) is 13.4. The van der Waals surface area contributed by atoms with Crippen LogP contribution in [0.15, 0.2) is 36.4 Å². The summed E-state index contributed by atoms with van der Waals surface area (Å²) in [7, 11) is 5.28. The van der Waals surface area contributed by atoms with Crippen molar-refractivity contribution in [1.29, 1.82) is 0 Å². The molecular weight excluding hydrogens is 262 g/mol. The van der Waals surface area contributed by atoms with Gasteiger partial charge in [-0.05, 0) is 55.3 Å². The molecule has 1 unspecified atom stereocenters. The molecule has 3 nitrogen and oxygen atoms in total. The number of methoxy groups -OCH3 is 2. The summed E-state index contributed by atoms with van der Waals surface area (Å²) < 4.78 is 10.7. The fourth-order valence-corrected chi connectivity index (χ4v) is 2.50. The molecule has 0 aliphatic carbocycles. The number of rotatable bonds is 5. The third-order valence-corrected chi connectivity index (χ3v) is 3.89. The van der Waals surface area contributed by atoms with Gasteiger partial charge in [-0.2, -0.15) is 0 Å². The molecule has 0 heterocycles. The number of aryl methyl sites for hydroxylation is 2. The van der Waals surface area contributed by atoms with Crippen molar-refractivity contribution >= 4 is 0 Å². The highest BCUT2D eigenvalue weighted by Gasteiger charge is 2.15. The fourth-order valence-electron chi connectivity index (χ4n) is 2.50. The van der Waals surface area contributed by atoms with Gasteiger partial charge in [-0.3, -0.25) is 0 Å². The second kappa shape index (κ2) is 6.64. The van der Waals surface area contributed by atoms with E-state index in [1.54, 1.807) is 14.2 Å². The van der Waals surface area contributed by atoms with Gasteiger partial charge in [-0.15, -0.1) is 0 Å². The molecular formula is C18H23NO2. The molecule has 2 rings (SSSR count). The van der Waals surface area contributed by atoms with Crippen LogP contribution < -0.4 is 14.8 Å². The van der Waals surface area contributed by atoms with Gasteiger partial charge in [-0.1, -0.05) is 24.3 Å². The van der Waals surface area contributed by atoms with Crippen LogP contribution in [0.3, 0.4) is 0 Å². The van der Waals surface area contributed by atoms with Crippen molar-refractivity contribution < 1.29 is 9.47 Å². The molecule has 0 aromatic heterocycles. The van der Waals surface area contributed by atoms with Gasteiger partial charge in [0.2, 0.25) is 0 Å². The molecule has 1 N–H and O–H groups in total. The zero-order chi connectivity index (χ0) is 15.4. The van der Waals surface area contributed by atoms with Crippen molar-refractivity contribution in [3.63, 3.8) is 0 Å². The van der Waals surface area contributed by atoms with Gasteiger partial charge in [0.05, 0.1) is 20.3 Å². The highest BCUT2D eigenvalue weighted by atomic mass is 16.5. The van der Waals surface area contributed by atoms with Crippen LogP contribution in [0.2, 0.25) is 0 Å². The molecule has 0 fully saturated rings. The SMILES string of the molecule is CNC(c1ccc(C)c(C)c1)c1ccc(OC)c(OC)c1. The van der Waals surface area contributed by atoms with Gasteiger partial charge in [-0.25, -0.2) is 0 Å². The molecule has 112 valence electrons. The molecule has 3 heteroatoms. The molecule has 2 aromatic rings. The second-order valence-electron chi connectivity index (χ2n) is 5.18. The smallest absolute Gasteiger partial charge is 0.161 e. The maximum Gasteiger partial charge on any atom is 0.161 e. The van der Waals surface area contributed by atoms with Gasteiger partial charge in [0.1, 0.15) is 0 Å². The van der Waals surface area contributed by atoms with E-state index in [2.05, 4.69) is 43.4 Å². The van der Waals surface area contributed by atoms with Crippen LogP contribution in [0.5, 0.6) is 11.5 Å². The Morgan fingerprint density at radius 1 is 0.810 bits per heavy atom. The van der Waals surface area contributed by atoms with E-state index in [9.17, 15) is 0 Å². The van der Waals surface area contributed by atoms with E-state index < -0.39 is 0 Å². The molecule has 0 saturated heterocycles. The van der Waals surface area contributed by atoms with Crippen molar-refractivity contribution in [2.75, 3.05) is 21.3 Å². The van der Waals surface area contributed by atoms with E-state index in [0.29, 0.717) is 0 Å². The van der Waals surface area contributed by atoms with Crippen LogP contribution in [0, 0.1) is 13.8 Å². The van der Waals surface area contributed by atoms with E-state index in [0.717, 1.165) is 17.1 Å². The zero-order valence-electron chi connectivity index (χ0n) is 13.4. The van der Waals surface area contributed by atoms with Gasteiger partial charge >= 0.3 is 0 Å². The minimum absolute atomic E-state index is 0.129. The lowest BCUT2D eigenvalue weighted by molar-refractivity contribution is 0.354. The molecule has 0 aliphatic rings. The van der Waals surface area contributed by atoms with E-state index in [1.165, 1.54) is 16.7 Å². The summed E-state index contributed by atoms with van der Waals surface area (Å²) in [4.78, 5) is 0. The van der Waals surface area contributed by atoms with Crippen molar-refractivity contribution in [3.8, 4) is 11.5 Å². The van der Waals surface area contributed by atoms with Crippen molar-refractivity contribution in [3.05, 3.63) is 58.7 Å². The minimum atomic E-state index is 0.129. The fraction of sp³-hybridized carbons (Fsp3) is 0.333. The van der Waals surface area contributed by atoms with Crippen LogP contribution in [-0.4, -0.2) is 21.3 Å². The Morgan fingerprint density at radius 2 is 1.43 bits per heavy atom. The largest absolute Gasteiger partial charge is 0.493 e. The lowest BCUT2D eigenvalue weighted by Crippen LogP contribution is -2.18. The molecule has 1 atom stereocenters. The van der Waals surface area contributed by atoms with Crippen LogP contribution in [0.1, 0.15) is 28.3 Å². The van der Waals surface area contributed by atoms with Crippen LogP contribution in [-0.2, 0) is 0 Å². The van der Waals surface area contributed by atoms with Crippen molar-refractivity contribution in [2.24, 2.45) is 0 Å². The Bertz CT molecular complexity index is 623. The van der Waals surface area contributed by atoms with E-state index in [-0.39, 0.29) is 6.04 Å². The summed E-state index contributed by atoms with van der Waals surface area (Å²) >= 11 is 0. The average molecular weight is 285 g/mol. The Hall–Kier alpha value is -2.00. The van der Waals surface area contributed by atoms with Gasteiger partial charge in [0.25, 0.3) is 0 Å². The molecule has 21 heavy (non-hydrogen) atoms. The maximum atomic E-state index is 5.40. The first-order valence-corrected chi connectivity index (χ1v) is 7.07. The van der Waals surface area contributed by atoms with Crippen molar-refractivity contribution in [2.45, 2.75) is 19.9 Å². The van der Waals surface area contributed by atoms with Crippen LogP contribution in [0.4, 0.5) is 0 Å². The summed E-state index contributed by atoms with van der Waals surface area (Å²) in [5, 5.41) is 3.37. The number of nitrogens with one attached hydrogen (secondary N) is 1. The first-order valence-electron chi connectivity index (χ1n) is 7.07. The van der Waals surface area contributed by atoms with Crippen molar-refractivity contribution in [1.82, 2.24) is 5.32 Å². The van der Waals surface area contributed by atoms with E-state index >= 15 is 0 Å². The molecule has 0 bridgehead atoms. The highest BCUT2D eigenvalue weighted by Crippen LogP contribution is 2.32. The maximum absolute atomic E-state index is 5.40.